The zero-order valence-electron chi connectivity index (χ0n) is 23.3. The van der Waals surface area contributed by atoms with E-state index in [4.69, 9.17) is 4.74 Å². The minimum Gasteiger partial charge on any atom is -0.507 e. The Morgan fingerprint density at radius 1 is 0.925 bits per heavy atom. The summed E-state index contributed by atoms with van der Waals surface area (Å²) in [5.74, 6) is -2.59. The number of hydrogen-bond acceptors (Lipinski definition) is 5. The lowest BCUT2D eigenvalue weighted by molar-refractivity contribution is 0.0736. The van der Waals surface area contributed by atoms with Crippen LogP contribution >= 0.6 is 0 Å². The quantitative estimate of drug-likeness (QED) is 0.134. The summed E-state index contributed by atoms with van der Waals surface area (Å²) in [5.41, 5.74) is 1.66. The Morgan fingerprint density at radius 3 is 2.20 bits per heavy atom. The number of nitrogens with zero attached hydrogens (tertiary/aromatic N) is 1. The highest BCUT2D eigenvalue weighted by molar-refractivity contribution is 6.29. The first-order valence-corrected chi connectivity index (χ1v) is 13.1. The Kier molecular flexibility index (Phi) is 6.37. The molecule has 0 spiro atoms. The average molecular weight is 541 g/mol. The summed E-state index contributed by atoms with van der Waals surface area (Å²) in [4.78, 5) is 42.0. The highest BCUT2D eigenvalue weighted by atomic mass is 19.1. The van der Waals surface area contributed by atoms with Crippen LogP contribution < -0.4 is 4.74 Å². The van der Waals surface area contributed by atoms with Gasteiger partial charge in [0.2, 0.25) is 0 Å². The average Bonchev–Trinajstić information content (AvgIpc) is 3.11. The molecule has 0 saturated heterocycles. The molecule has 0 fully saturated rings. The number of ether oxygens (including phenoxy) is 1. The van der Waals surface area contributed by atoms with Crippen molar-refractivity contribution in [1.82, 2.24) is 4.98 Å². The van der Waals surface area contributed by atoms with Gasteiger partial charge in [0.05, 0.1) is 16.8 Å². The number of pyridine rings is 1. The number of Topliss-reactive ketones (excluding diaryl/α,β-unsaturated/α-hetero) is 1. The molecule has 7 heteroatoms. The molecule has 0 bridgehead atoms. The number of phenols is 1. The number of phenolic OH excluding ortho intramolecular Hbond substituents is 1. The van der Waals surface area contributed by atoms with Gasteiger partial charge in [-0.2, -0.15) is 0 Å². The van der Waals surface area contributed by atoms with Gasteiger partial charge in [-0.05, 0) is 53.3 Å². The SMILES string of the molecule is CC(C)(C)c1cc(C(=O)Oc2cccc3ccc(C4C(=O)c5ccc(F)cc5C4=[OH+])nc23)cc(C(C)(C)C)c1O. The Hall–Kier alpha value is -4.39. The van der Waals surface area contributed by atoms with Crippen molar-refractivity contribution in [2.24, 2.45) is 0 Å². The van der Waals surface area contributed by atoms with Gasteiger partial charge in [0, 0.05) is 22.1 Å². The third-order valence-electron chi connectivity index (χ3n) is 7.22. The van der Waals surface area contributed by atoms with Gasteiger partial charge in [-0.3, -0.25) is 9.59 Å². The van der Waals surface area contributed by atoms with Crippen molar-refractivity contribution in [3.8, 4) is 11.5 Å². The molecule has 1 aliphatic rings. The van der Waals surface area contributed by atoms with Crippen LogP contribution in [0.3, 0.4) is 0 Å². The molecule has 1 atom stereocenters. The molecule has 4 aromatic rings. The summed E-state index contributed by atoms with van der Waals surface area (Å²) in [6.07, 6.45) is 0. The summed E-state index contributed by atoms with van der Waals surface area (Å²) >= 11 is 0. The van der Waals surface area contributed by atoms with Gasteiger partial charge in [0.25, 0.3) is 0 Å². The number of rotatable bonds is 3. The summed E-state index contributed by atoms with van der Waals surface area (Å²) in [7, 11) is 0. The van der Waals surface area contributed by atoms with E-state index in [0.717, 1.165) is 6.07 Å². The second-order valence-electron chi connectivity index (χ2n) is 12.2. The molecule has 40 heavy (non-hydrogen) atoms. The third-order valence-corrected chi connectivity index (χ3v) is 7.22. The molecule has 5 rings (SSSR count). The maximum absolute atomic E-state index is 13.8. The topological polar surface area (TPSA) is 97.9 Å². The number of hydrogen-bond donors (Lipinski definition) is 1. The molecule has 3 aromatic carbocycles. The molecule has 1 heterocycles. The van der Waals surface area contributed by atoms with Gasteiger partial charge in [0.15, 0.2) is 17.5 Å². The first-order valence-electron chi connectivity index (χ1n) is 13.1. The minimum absolute atomic E-state index is 0.147. The van der Waals surface area contributed by atoms with E-state index in [1.807, 2.05) is 41.5 Å². The highest BCUT2D eigenvalue weighted by Gasteiger charge is 2.45. The van der Waals surface area contributed by atoms with Crippen molar-refractivity contribution in [2.45, 2.75) is 58.3 Å². The summed E-state index contributed by atoms with van der Waals surface area (Å²) in [5, 5.41) is 11.7. The Morgan fingerprint density at radius 2 is 1.57 bits per heavy atom. The smallest absolute Gasteiger partial charge is 0.343 e. The van der Waals surface area contributed by atoms with Gasteiger partial charge in [-0.1, -0.05) is 59.7 Å². The number of carbonyl (C=O) groups is 2. The van der Waals surface area contributed by atoms with Crippen molar-refractivity contribution in [3.05, 3.63) is 100.0 Å². The van der Waals surface area contributed by atoms with Crippen molar-refractivity contribution in [2.75, 3.05) is 0 Å². The van der Waals surface area contributed by atoms with Gasteiger partial charge in [0.1, 0.15) is 17.1 Å². The largest absolute Gasteiger partial charge is 0.507 e. The van der Waals surface area contributed by atoms with Crippen LogP contribution in [-0.2, 0) is 10.8 Å². The lowest BCUT2D eigenvalue weighted by Gasteiger charge is -2.28. The monoisotopic (exact) mass is 540 g/mol. The predicted octanol–water partition coefficient (Wildman–Crippen LogP) is 6.77. The zero-order valence-corrected chi connectivity index (χ0v) is 23.3. The molecule has 0 radical (unpaired) electrons. The fraction of sp³-hybridized carbons (Fsp3) is 0.273. The highest BCUT2D eigenvalue weighted by Crippen LogP contribution is 2.40. The van der Waals surface area contributed by atoms with E-state index in [-0.39, 0.29) is 45.4 Å². The van der Waals surface area contributed by atoms with Crippen LogP contribution in [-0.4, -0.2) is 32.4 Å². The third kappa shape index (κ3) is 4.66. The zero-order chi connectivity index (χ0) is 29.1. The van der Waals surface area contributed by atoms with Crippen LogP contribution in [0.5, 0.6) is 11.5 Å². The lowest BCUT2D eigenvalue weighted by atomic mass is 9.78. The van der Waals surface area contributed by atoms with E-state index in [1.165, 1.54) is 12.1 Å². The Balaban J connectivity index is 1.55. The van der Waals surface area contributed by atoms with E-state index in [1.54, 1.807) is 42.5 Å². The van der Waals surface area contributed by atoms with Crippen LogP contribution in [0.1, 0.15) is 90.6 Å². The standard InChI is InChI=1S/C33H30FNO5/c1-32(2,3)22-14-18(15-23(30(22)38)33(4,5)6)31(39)40-25-9-7-8-17-10-13-24(35-27(17)25)26-28(36)20-12-11-19(34)16-21(20)29(26)37/h7-16,26,38H,1-6H3/p+1. The van der Waals surface area contributed by atoms with Gasteiger partial charge >= 0.3 is 11.8 Å². The Bertz CT molecular complexity index is 1690. The molecule has 0 saturated carbocycles. The van der Waals surface area contributed by atoms with Crippen LogP contribution in [0.15, 0.2) is 60.7 Å². The maximum Gasteiger partial charge on any atom is 0.343 e. The van der Waals surface area contributed by atoms with E-state index in [0.29, 0.717) is 22.0 Å². The number of aromatic nitrogens is 1. The van der Waals surface area contributed by atoms with Crippen LogP contribution in [0.2, 0.25) is 0 Å². The molecular weight excluding hydrogens is 509 g/mol. The van der Waals surface area contributed by atoms with Crippen LogP contribution in [0, 0.1) is 5.82 Å². The van der Waals surface area contributed by atoms with E-state index >= 15 is 0 Å². The normalized spacial score (nSPS) is 15.4. The number of para-hydroxylation sites is 1. The van der Waals surface area contributed by atoms with Crippen molar-refractivity contribution >= 4 is 28.4 Å². The second kappa shape index (κ2) is 9.37. The first-order chi connectivity index (χ1) is 18.7. The molecule has 0 aliphatic heterocycles. The predicted molar refractivity (Wildman–Crippen MR) is 152 cm³/mol. The number of aromatic hydroxyl groups is 1. The number of esters is 1. The van der Waals surface area contributed by atoms with Crippen LogP contribution in [0.25, 0.3) is 10.9 Å². The molecule has 1 aliphatic carbocycles. The van der Waals surface area contributed by atoms with Crippen LogP contribution in [0.4, 0.5) is 4.39 Å². The van der Waals surface area contributed by atoms with Crippen molar-refractivity contribution in [1.29, 1.82) is 0 Å². The van der Waals surface area contributed by atoms with E-state index in [9.17, 15) is 23.9 Å². The number of carbonyl (C=O) groups excluding carboxylic acids is 3. The van der Waals surface area contributed by atoms with Crippen molar-refractivity contribution < 1.29 is 28.6 Å². The summed E-state index contributed by atoms with van der Waals surface area (Å²) in [6.45, 7) is 11.8. The molecule has 1 aromatic heterocycles. The lowest BCUT2D eigenvalue weighted by Crippen LogP contribution is -2.20. The number of ketones is 2. The van der Waals surface area contributed by atoms with Gasteiger partial charge in [-0.25, -0.2) is 14.2 Å². The molecule has 6 nitrogen and oxygen atoms in total. The van der Waals surface area contributed by atoms with Crippen molar-refractivity contribution in [3.63, 3.8) is 0 Å². The molecule has 1 unspecified atom stereocenters. The molecule has 2 N–H and O–H groups in total. The number of benzene rings is 3. The first kappa shape index (κ1) is 27.2. The summed E-state index contributed by atoms with van der Waals surface area (Å²) < 4.78 is 19.7. The van der Waals surface area contributed by atoms with Gasteiger partial charge in [-0.15, -0.1) is 0 Å². The fourth-order valence-corrected chi connectivity index (χ4v) is 5.09. The molecular formula is C33H31FNO5+. The minimum atomic E-state index is -1.09. The fourth-order valence-electron chi connectivity index (χ4n) is 5.09. The molecule has 0 amide bonds. The number of halogens is 1. The molecule has 204 valence electrons. The van der Waals surface area contributed by atoms with Gasteiger partial charge < -0.3 is 9.84 Å². The number of fused-ring (bicyclic) bond motifs is 2. The van der Waals surface area contributed by atoms with E-state index < -0.39 is 28.5 Å². The second-order valence-corrected chi connectivity index (χ2v) is 12.2. The van der Waals surface area contributed by atoms with E-state index in [2.05, 4.69) is 4.98 Å². The maximum atomic E-state index is 13.8. The Labute approximate surface area is 231 Å². The summed E-state index contributed by atoms with van der Waals surface area (Å²) in [6, 6.07) is 15.5.